The average Bonchev–Trinajstić information content (AvgIpc) is 2.78. The fourth-order valence-corrected chi connectivity index (χ4v) is 4.69. The van der Waals surface area contributed by atoms with Crippen molar-refractivity contribution in [2.45, 2.75) is 18.9 Å². The number of hydrogen-bond acceptors (Lipinski definition) is 7. The topological polar surface area (TPSA) is 81.8 Å². The molecule has 2 aliphatic heterocycles. The molecule has 2 aliphatic rings. The number of fused-ring (bicyclic) bond motifs is 3. The van der Waals surface area contributed by atoms with E-state index in [2.05, 4.69) is 23.3 Å². The molecule has 0 amide bonds. The van der Waals surface area contributed by atoms with Crippen molar-refractivity contribution < 1.29 is 9.47 Å². The standard InChI is InChI=1S/C19H22N4O2S/c1-19-12(11-26-18(20)23-19)7-9-25-15-6-5-13(10-14(15)19)22-17-16(24-2)4-3-8-21-17/h3-6,8,10,12H,7,9,11H2,1-2H3,(H2,20,23)(H,21,22). The van der Waals surface area contributed by atoms with Crippen LogP contribution >= 0.6 is 11.8 Å². The van der Waals surface area contributed by atoms with E-state index in [1.165, 1.54) is 0 Å². The van der Waals surface area contributed by atoms with Gasteiger partial charge in [-0.3, -0.25) is 4.99 Å². The van der Waals surface area contributed by atoms with E-state index < -0.39 is 0 Å². The summed E-state index contributed by atoms with van der Waals surface area (Å²) in [5, 5.41) is 3.98. The van der Waals surface area contributed by atoms with Gasteiger partial charge in [0.25, 0.3) is 0 Å². The highest BCUT2D eigenvalue weighted by Gasteiger charge is 2.42. The number of benzene rings is 1. The van der Waals surface area contributed by atoms with Gasteiger partial charge in [-0.1, -0.05) is 11.8 Å². The Morgan fingerprint density at radius 1 is 1.38 bits per heavy atom. The summed E-state index contributed by atoms with van der Waals surface area (Å²) >= 11 is 1.63. The van der Waals surface area contributed by atoms with Crippen molar-refractivity contribution in [3.63, 3.8) is 0 Å². The summed E-state index contributed by atoms with van der Waals surface area (Å²) in [5.41, 5.74) is 7.66. The Kier molecular flexibility index (Phi) is 4.40. The normalized spacial score (nSPS) is 24.4. The first kappa shape index (κ1) is 17.0. The summed E-state index contributed by atoms with van der Waals surface area (Å²) in [6.07, 6.45) is 2.70. The molecule has 0 radical (unpaired) electrons. The van der Waals surface area contributed by atoms with Crippen LogP contribution in [0.5, 0.6) is 11.5 Å². The fourth-order valence-electron chi connectivity index (χ4n) is 3.57. The van der Waals surface area contributed by atoms with Gasteiger partial charge < -0.3 is 20.5 Å². The summed E-state index contributed by atoms with van der Waals surface area (Å²) in [4.78, 5) is 9.20. The van der Waals surface area contributed by atoms with Crippen LogP contribution in [0.25, 0.3) is 0 Å². The molecule has 1 aromatic carbocycles. The molecule has 26 heavy (non-hydrogen) atoms. The second-order valence-corrected chi connectivity index (χ2v) is 7.67. The van der Waals surface area contributed by atoms with Gasteiger partial charge in [0.05, 0.1) is 19.3 Å². The van der Waals surface area contributed by atoms with Gasteiger partial charge in [-0.2, -0.15) is 0 Å². The van der Waals surface area contributed by atoms with Gasteiger partial charge in [0, 0.05) is 29.1 Å². The van der Waals surface area contributed by atoms with Crippen LogP contribution in [0.3, 0.4) is 0 Å². The Labute approximate surface area is 157 Å². The third-order valence-electron chi connectivity index (χ3n) is 5.07. The number of amidine groups is 1. The van der Waals surface area contributed by atoms with Crippen molar-refractivity contribution in [2.75, 3.05) is 24.8 Å². The predicted molar refractivity (Wildman–Crippen MR) is 106 cm³/mol. The van der Waals surface area contributed by atoms with Crippen LogP contribution in [-0.4, -0.2) is 29.6 Å². The second kappa shape index (κ2) is 6.72. The zero-order valence-corrected chi connectivity index (χ0v) is 15.7. The minimum atomic E-state index is -0.382. The smallest absolute Gasteiger partial charge is 0.173 e. The molecule has 0 saturated heterocycles. The van der Waals surface area contributed by atoms with Gasteiger partial charge in [0.15, 0.2) is 16.7 Å². The van der Waals surface area contributed by atoms with E-state index in [0.29, 0.717) is 29.3 Å². The zero-order valence-electron chi connectivity index (χ0n) is 14.9. The first-order valence-corrected chi connectivity index (χ1v) is 9.60. The second-order valence-electron chi connectivity index (χ2n) is 6.63. The number of aliphatic imine (C=N–C) groups is 1. The fraction of sp³-hybridized carbons (Fsp3) is 0.368. The van der Waals surface area contributed by atoms with Crippen LogP contribution in [0.2, 0.25) is 0 Å². The Hall–Kier alpha value is -2.41. The van der Waals surface area contributed by atoms with E-state index in [0.717, 1.165) is 29.2 Å². The van der Waals surface area contributed by atoms with Crippen molar-refractivity contribution >= 4 is 28.4 Å². The highest BCUT2D eigenvalue weighted by Crippen LogP contribution is 2.47. The lowest BCUT2D eigenvalue weighted by atomic mass is 9.79. The Bertz CT molecular complexity index is 857. The molecule has 2 atom stereocenters. The SMILES string of the molecule is COc1cccnc1Nc1ccc2c(c1)C1(C)N=C(N)SCC1CCO2. The minimum absolute atomic E-state index is 0.382. The largest absolute Gasteiger partial charge is 0.493 e. The van der Waals surface area contributed by atoms with Crippen molar-refractivity contribution in [2.24, 2.45) is 16.6 Å². The van der Waals surface area contributed by atoms with Crippen molar-refractivity contribution in [1.29, 1.82) is 0 Å². The molecule has 2 aromatic rings. The lowest BCUT2D eigenvalue weighted by Crippen LogP contribution is -2.37. The predicted octanol–water partition coefficient (Wildman–Crippen LogP) is 3.51. The van der Waals surface area contributed by atoms with E-state index in [9.17, 15) is 0 Å². The molecule has 0 fully saturated rings. The number of pyridine rings is 1. The van der Waals surface area contributed by atoms with Gasteiger partial charge >= 0.3 is 0 Å². The molecule has 2 unspecified atom stereocenters. The molecular weight excluding hydrogens is 348 g/mol. The van der Waals surface area contributed by atoms with Gasteiger partial charge in [-0.25, -0.2) is 4.98 Å². The maximum atomic E-state index is 6.06. The van der Waals surface area contributed by atoms with Gasteiger partial charge in [-0.15, -0.1) is 0 Å². The van der Waals surface area contributed by atoms with Crippen molar-refractivity contribution in [1.82, 2.24) is 4.98 Å². The maximum Gasteiger partial charge on any atom is 0.173 e. The highest BCUT2D eigenvalue weighted by atomic mass is 32.2. The molecule has 4 rings (SSSR count). The van der Waals surface area contributed by atoms with Crippen LogP contribution in [0.1, 0.15) is 18.9 Å². The Balaban J connectivity index is 1.75. The van der Waals surface area contributed by atoms with E-state index in [4.69, 9.17) is 20.2 Å². The Morgan fingerprint density at radius 3 is 3.12 bits per heavy atom. The molecule has 1 aromatic heterocycles. The summed E-state index contributed by atoms with van der Waals surface area (Å²) in [6, 6.07) is 9.80. The molecule has 3 N–H and O–H groups in total. The van der Waals surface area contributed by atoms with Crippen molar-refractivity contribution in [3.8, 4) is 11.5 Å². The summed E-state index contributed by atoms with van der Waals surface area (Å²) in [7, 11) is 1.63. The van der Waals surface area contributed by atoms with Crippen LogP contribution in [0, 0.1) is 5.92 Å². The van der Waals surface area contributed by atoms with E-state index in [-0.39, 0.29) is 5.54 Å². The summed E-state index contributed by atoms with van der Waals surface area (Å²) < 4.78 is 11.4. The number of nitrogens with zero attached hydrogens (tertiary/aromatic N) is 2. The minimum Gasteiger partial charge on any atom is -0.493 e. The molecule has 6 nitrogen and oxygen atoms in total. The van der Waals surface area contributed by atoms with Crippen LogP contribution in [-0.2, 0) is 5.54 Å². The lowest BCUT2D eigenvalue weighted by Gasteiger charge is -2.36. The maximum absolute atomic E-state index is 6.06. The van der Waals surface area contributed by atoms with E-state index >= 15 is 0 Å². The monoisotopic (exact) mass is 370 g/mol. The van der Waals surface area contributed by atoms with Crippen LogP contribution < -0.4 is 20.5 Å². The third-order valence-corrected chi connectivity index (χ3v) is 6.03. The number of anilines is 2. The lowest BCUT2D eigenvalue weighted by molar-refractivity contribution is 0.271. The first-order chi connectivity index (χ1) is 12.6. The number of thioether (sulfide) groups is 1. The molecule has 0 bridgehead atoms. The summed E-state index contributed by atoms with van der Waals surface area (Å²) in [6.45, 7) is 2.85. The van der Waals surface area contributed by atoms with E-state index in [1.807, 2.05) is 24.3 Å². The van der Waals surface area contributed by atoms with Crippen LogP contribution in [0.4, 0.5) is 11.5 Å². The number of hydrogen-bond donors (Lipinski definition) is 2. The Morgan fingerprint density at radius 2 is 2.27 bits per heavy atom. The number of ether oxygens (including phenoxy) is 2. The third kappa shape index (κ3) is 2.96. The number of aromatic nitrogens is 1. The highest BCUT2D eigenvalue weighted by molar-refractivity contribution is 8.13. The molecule has 0 spiro atoms. The van der Waals surface area contributed by atoms with Gasteiger partial charge in [0.1, 0.15) is 5.75 Å². The van der Waals surface area contributed by atoms with E-state index in [1.54, 1.807) is 25.1 Å². The zero-order chi connectivity index (χ0) is 18.1. The van der Waals surface area contributed by atoms with Crippen molar-refractivity contribution in [3.05, 3.63) is 42.1 Å². The van der Waals surface area contributed by atoms with Crippen LogP contribution in [0.15, 0.2) is 41.5 Å². The number of nitrogens with two attached hydrogens (primary N) is 1. The molecule has 136 valence electrons. The molecule has 3 heterocycles. The first-order valence-electron chi connectivity index (χ1n) is 8.61. The number of methoxy groups -OCH3 is 1. The molecule has 0 aliphatic carbocycles. The molecule has 7 heteroatoms. The average molecular weight is 370 g/mol. The van der Waals surface area contributed by atoms with Gasteiger partial charge in [-0.05, 0) is 43.7 Å². The molecule has 0 saturated carbocycles. The summed E-state index contributed by atoms with van der Waals surface area (Å²) in [5.74, 6) is 3.59. The number of rotatable bonds is 3. The molecular formula is C19H22N4O2S. The quantitative estimate of drug-likeness (QED) is 0.860. The van der Waals surface area contributed by atoms with Gasteiger partial charge in [0.2, 0.25) is 0 Å². The number of nitrogens with one attached hydrogen (secondary N) is 1.